The molecule has 2 aliphatic rings. The maximum Gasteiger partial charge on any atom is 0.416 e. The first-order chi connectivity index (χ1) is 19.2. The van der Waals surface area contributed by atoms with Gasteiger partial charge in [0.25, 0.3) is 11.1 Å². The van der Waals surface area contributed by atoms with E-state index in [1.165, 1.54) is 12.1 Å². The summed E-state index contributed by atoms with van der Waals surface area (Å²) in [5.74, 6) is -0.0972. The first-order valence-electron chi connectivity index (χ1n) is 12.9. The molecule has 0 aromatic heterocycles. The van der Waals surface area contributed by atoms with Crippen LogP contribution in [-0.4, -0.2) is 35.9 Å². The first-order valence-corrected chi connectivity index (χ1v) is 13.7. The molecule has 1 aliphatic heterocycles. The van der Waals surface area contributed by atoms with Gasteiger partial charge in [-0.1, -0.05) is 42.5 Å². The molecule has 4 rings (SSSR count). The molecule has 0 atom stereocenters. The van der Waals surface area contributed by atoms with Crippen molar-refractivity contribution in [2.45, 2.75) is 57.4 Å². The fraction of sp³-hybridized carbons (Fsp3) is 0.310. The van der Waals surface area contributed by atoms with Crippen molar-refractivity contribution in [3.63, 3.8) is 0 Å². The van der Waals surface area contributed by atoms with Gasteiger partial charge in [0.2, 0.25) is 5.96 Å². The maximum atomic E-state index is 13.0. The van der Waals surface area contributed by atoms with E-state index in [1.54, 1.807) is 19.1 Å². The normalized spacial score (nSPS) is 21.4. The third-order valence-corrected chi connectivity index (χ3v) is 7.59. The van der Waals surface area contributed by atoms with E-state index < -0.39 is 22.9 Å². The van der Waals surface area contributed by atoms with E-state index >= 15 is 0 Å². The number of benzene rings is 2. The number of hydrogen-bond acceptors (Lipinski definition) is 5. The largest absolute Gasteiger partial charge is 0.416 e. The van der Waals surface area contributed by atoms with E-state index in [2.05, 4.69) is 32.7 Å². The summed E-state index contributed by atoms with van der Waals surface area (Å²) in [5, 5.41) is 8.73. The molecule has 0 radical (unpaired) electrons. The molecular formula is C29H30F3N5O2S. The van der Waals surface area contributed by atoms with Crippen LogP contribution in [0.1, 0.15) is 43.7 Å². The van der Waals surface area contributed by atoms with Crippen LogP contribution in [-0.2, 0) is 17.5 Å². The molecule has 7 nitrogen and oxygen atoms in total. The van der Waals surface area contributed by atoms with Crippen LogP contribution >= 0.6 is 11.8 Å². The highest BCUT2D eigenvalue weighted by Crippen LogP contribution is 2.32. The highest BCUT2D eigenvalue weighted by atomic mass is 32.2. The second kappa shape index (κ2) is 13.1. The number of guanidine groups is 1. The monoisotopic (exact) mass is 569 g/mol. The number of allylic oxidation sites excluding steroid dienone is 2. The third kappa shape index (κ3) is 7.70. The summed E-state index contributed by atoms with van der Waals surface area (Å²) in [4.78, 5) is 32.0. The van der Waals surface area contributed by atoms with Crippen molar-refractivity contribution >= 4 is 35.6 Å². The van der Waals surface area contributed by atoms with Gasteiger partial charge in [0.05, 0.1) is 16.2 Å². The van der Waals surface area contributed by atoms with E-state index in [1.807, 2.05) is 24.3 Å². The van der Waals surface area contributed by atoms with E-state index in [9.17, 15) is 22.8 Å². The van der Waals surface area contributed by atoms with Crippen LogP contribution in [0, 0.1) is 0 Å². The minimum absolute atomic E-state index is 0.151. The molecule has 1 saturated carbocycles. The van der Waals surface area contributed by atoms with Gasteiger partial charge in [-0.15, -0.1) is 0 Å². The first kappa shape index (κ1) is 29.3. The lowest BCUT2D eigenvalue weighted by Crippen LogP contribution is -2.41. The van der Waals surface area contributed by atoms with Crippen LogP contribution in [0.25, 0.3) is 11.1 Å². The van der Waals surface area contributed by atoms with E-state index in [-0.39, 0.29) is 10.9 Å². The van der Waals surface area contributed by atoms with Gasteiger partial charge in [0.1, 0.15) is 0 Å². The lowest BCUT2D eigenvalue weighted by Gasteiger charge is -2.30. The van der Waals surface area contributed by atoms with Crippen molar-refractivity contribution in [1.82, 2.24) is 16.0 Å². The fourth-order valence-electron chi connectivity index (χ4n) is 4.64. The lowest BCUT2D eigenvalue weighted by atomic mass is 9.90. The Bertz CT molecular complexity index is 1340. The molecule has 2 aromatic carbocycles. The number of thioether (sulfide) groups is 1. The molecule has 1 saturated heterocycles. The predicted octanol–water partition coefficient (Wildman–Crippen LogP) is 6.19. The second-order valence-electron chi connectivity index (χ2n) is 9.47. The Morgan fingerprint density at radius 1 is 1.07 bits per heavy atom. The van der Waals surface area contributed by atoms with Gasteiger partial charge in [-0.2, -0.15) is 13.2 Å². The molecule has 3 N–H and O–H groups in total. The van der Waals surface area contributed by atoms with Crippen molar-refractivity contribution in [3.8, 4) is 11.1 Å². The van der Waals surface area contributed by atoms with Gasteiger partial charge in [0.15, 0.2) is 0 Å². The minimum Gasteiger partial charge on any atom is -0.351 e. The zero-order valence-electron chi connectivity index (χ0n) is 21.9. The van der Waals surface area contributed by atoms with Crippen LogP contribution in [0.4, 0.5) is 18.0 Å². The Balaban J connectivity index is 1.31. The average molecular weight is 570 g/mol. The van der Waals surface area contributed by atoms with Gasteiger partial charge in [-0.25, -0.2) is 9.98 Å². The summed E-state index contributed by atoms with van der Waals surface area (Å²) in [6.07, 6.45) is 2.51. The summed E-state index contributed by atoms with van der Waals surface area (Å²) in [6.45, 7) is 5.99. The minimum atomic E-state index is -4.36. The van der Waals surface area contributed by atoms with Crippen LogP contribution < -0.4 is 16.0 Å². The topological polar surface area (TPSA) is 95.0 Å². The zero-order valence-corrected chi connectivity index (χ0v) is 22.7. The summed E-state index contributed by atoms with van der Waals surface area (Å²) in [6, 6.07) is 13.4. The highest BCUT2D eigenvalue weighted by molar-refractivity contribution is 8.18. The van der Waals surface area contributed by atoms with Gasteiger partial charge in [0, 0.05) is 18.6 Å². The van der Waals surface area contributed by atoms with Gasteiger partial charge in [-0.05, 0) is 86.0 Å². The van der Waals surface area contributed by atoms with Crippen molar-refractivity contribution in [2.24, 2.45) is 9.98 Å². The summed E-state index contributed by atoms with van der Waals surface area (Å²) < 4.78 is 38.9. The molecule has 0 unspecified atom stereocenters. The lowest BCUT2D eigenvalue weighted by molar-refractivity contribution is -0.137. The second-order valence-corrected chi connectivity index (χ2v) is 10.5. The SMILES string of the molecule is C=N\C(=N/C(=C\C)/C=C1\SC(=O)NC1=O)N[C@H]1CC[C@H](NCc2ccccc2-c2ccc(C(F)(F)F)cc2)CC1. The number of halogens is 3. The Hall–Kier alpha value is -3.70. The van der Waals surface area contributed by atoms with Crippen molar-refractivity contribution < 1.29 is 22.8 Å². The average Bonchev–Trinajstić information content (AvgIpc) is 3.27. The molecule has 1 aliphatic carbocycles. The molecular weight excluding hydrogens is 539 g/mol. The number of nitrogens with zero attached hydrogens (tertiary/aromatic N) is 2. The number of alkyl halides is 3. The molecule has 2 amide bonds. The number of carbonyl (C=O) groups is 2. The van der Waals surface area contributed by atoms with Gasteiger partial charge in [-0.3, -0.25) is 14.9 Å². The Morgan fingerprint density at radius 3 is 2.35 bits per heavy atom. The third-order valence-electron chi connectivity index (χ3n) is 6.78. The van der Waals surface area contributed by atoms with Crippen LogP contribution in [0.15, 0.2) is 81.3 Å². The smallest absolute Gasteiger partial charge is 0.351 e. The Labute approximate surface area is 235 Å². The number of nitrogens with one attached hydrogen (secondary N) is 3. The summed E-state index contributed by atoms with van der Waals surface area (Å²) in [5.41, 5.74) is 2.51. The number of hydrogen-bond donors (Lipinski definition) is 3. The zero-order chi connectivity index (χ0) is 28.7. The van der Waals surface area contributed by atoms with Gasteiger partial charge < -0.3 is 10.6 Å². The summed E-state index contributed by atoms with van der Waals surface area (Å²) in [7, 11) is 0. The number of amides is 2. The molecule has 2 fully saturated rings. The highest BCUT2D eigenvalue weighted by Gasteiger charge is 2.30. The molecule has 40 heavy (non-hydrogen) atoms. The van der Waals surface area contributed by atoms with Gasteiger partial charge >= 0.3 is 6.18 Å². The molecule has 2 aromatic rings. The predicted molar refractivity (Wildman–Crippen MR) is 153 cm³/mol. The van der Waals surface area contributed by atoms with Crippen molar-refractivity contribution in [2.75, 3.05) is 0 Å². The standard InChI is InChI=1S/C29H30F3N5O2S/c1-3-21(16-25-26(38)37-28(39)40-25)35-27(33-2)36-23-14-12-22(13-15-23)34-17-19-6-4-5-7-24(19)18-8-10-20(11-9-18)29(30,31)32/h3-11,16,22-23,34H,2,12-15,17H2,1H3,(H,35,36)(H,37,38,39)/b21-3-,25-16-/t22-,23-. The van der Waals surface area contributed by atoms with E-state index in [0.29, 0.717) is 24.2 Å². The Morgan fingerprint density at radius 2 is 1.75 bits per heavy atom. The molecule has 11 heteroatoms. The molecule has 0 bridgehead atoms. The molecule has 1 heterocycles. The van der Waals surface area contributed by atoms with Crippen molar-refractivity contribution in [1.29, 1.82) is 0 Å². The maximum absolute atomic E-state index is 13.0. The fourth-order valence-corrected chi connectivity index (χ4v) is 5.31. The van der Waals surface area contributed by atoms with Crippen LogP contribution in [0.5, 0.6) is 0 Å². The number of carbonyl (C=O) groups excluding carboxylic acids is 2. The van der Waals surface area contributed by atoms with Crippen molar-refractivity contribution in [3.05, 3.63) is 82.4 Å². The number of rotatable bonds is 7. The van der Waals surface area contributed by atoms with E-state index in [4.69, 9.17) is 0 Å². The summed E-state index contributed by atoms with van der Waals surface area (Å²) >= 11 is 0.829. The quantitative estimate of drug-likeness (QED) is 0.210. The molecule has 0 spiro atoms. The van der Waals surface area contributed by atoms with Crippen LogP contribution in [0.3, 0.4) is 0 Å². The van der Waals surface area contributed by atoms with Crippen LogP contribution in [0.2, 0.25) is 0 Å². The van der Waals surface area contributed by atoms with E-state index in [0.717, 1.165) is 66.3 Å². The molecule has 210 valence electrons. The Kier molecular flexibility index (Phi) is 9.59. The number of aliphatic imine (C=N–C) groups is 2. The number of imide groups is 1.